The summed E-state index contributed by atoms with van der Waals surface area (Å²) in [5.41, 5.74) is -1.57. The first-order valence-corrected chi connectivity index (χ1v) is 5.20. The van der Waals surface area contributed by atoms with Crippen LogP contribution >= 0.6 is 22.6 Å². The van der Waals surface area contributed by atoms with E-state index in [0.29, 0.717) is 6.07 Å². The molecule has 1 aromatic rings. The molecule has 102 valence electrons. The van der Waals surface area contributed by atoms with Crippen LogP contribution in [0.25, 0.3) is 0 Å². The minimum atomic E-state index is -5.12. The van der Waals surface area contributed by atoms with Crippen molar-refractivity contribution >= 4 is 22.6 Å². The highest BCUT2D eigenvalue weighted by Crippen LogP contribution is 2.42. The highest BCUT2D eigenvalue weighted by Gasteiger charge is 2.41. The zero-order chi connectivity index (χ0) is 14.1. The number of hydrogen-bond acceptors (Lipinski definition) is 3. The Bertz CT molecular complexity index is 444. The highest BCUT2D eigenvalue weighted by atomic mass is 127. The lowest BCUT2D eigenvalue weighted by Crippen LogP contribution is -2.20. The fourth-order valence-electron chi connectivity index (χ4n) is 1.07. The van der Waals surface area contributed by atoms with E-state index in [0.717, 1.165) is 7.11 Å². The molecular weight excluding hydrogens is 383 g/mol. The molecule has 0 fully saturated rings. The second kappa shape index (κ2) is 4.97. The molecular formula is C8H4F6INO2. The minimum Gasteiger partial charge on any atom is -0.491 e. The van der Waals surface area contributed by atoms with Crippen LogP contribution in [0.3, 0.4) is 0 Å². The van der Waals surface area contributed by atoms with E-state index < -0.39 is 29.7 Å². The predicted octanol–water partition coefficient (Wildman–Crippen LogP) is 3.61. The Morgan fingerprint density at radius 3 is 2.11 bits per heavy atom. The molecule has 0 spiro atoms. The highest BCUT2D eigenvalue weighted by molar-refractivity contribution is 14.1. The number of aromatic nitrogens is 1. The van der Waals surface area contributed by atoms with Crippen LogP contribution in [0.5, 0.6) is 11.5 Å². The Balaban J connectivity index is 3.39. The summed E-state index contributed by atoms with van der Waals surface area (Å²) in [5.74, 6) is -2.20. The van der Waals surface area contributed by atoms with Crippen molar-refractivity contribution in [2.75, 3.05) is 7.11 Å². The van der Waals surface area contributed by atoms with Gasteiger partial charge in [-0.1, -0.05) is 0 Å². The fraction of sp³-hybridized carbons (Fsp3) is 0.375. The van der Waals surface area contributed by atoms with Gasteiger partial charge < -0.3 is 9.47 Å². The zero-order valence-corrected chi connectivity index (χ0v) is 10.6. The first kappa shape index (κ1) is 15.1. The van der Waals surface area contributed by atoms with E-state index in [4.69, 9.17) is 0 Å². The summed E-state index contributed by atoms with van der Waals surface area (Å²) < 4.78 is 81.2. The van der Waals surface area contributed by atoms with Crippen molar-refractivity contribution in [2.24, 2.45) is 0 Å². The summed E-state index contributed by atoms with van der Waals surface area (Å²) in [7, 11) is 0.794. The lowest BCUT2D eigenvalue weighted by atomic mass is 10.3. The molecule has 0 atom stereocenters. The lowest BCUT2D eigenvalue weighted by Gasteiger charge is -2.16. The van der Waals surface area contributed by atoms with Crippen molar-refractivity contribution in [3.63, 3.8) is 0 Å². The van der Waals surface area contributed by atoms with Gasteiger partial charge in [-0.25, -0.2) is 4.98 Å². The van der Waals surface area contributed by atoms with Gasteiger partial charge in [0.2, 0.25) is 0 Å². The number of ether oxygens (including phenoxy) is 2. The van der Waals surface area contributed by atoms with Crippen molar-refractivity contribution in [2.45, 2.75) is 12.5 Å². The van der Waals surface area contributed by atoms with Gasteiger partial charge in [-0.05, 0) is 22.6 Å². The van der Waals surface area contributed by atoms with Gasteiger partial charge in [0.1, 0.15) is 3.70 Å². The first-order valence-electron chi connectivity index (χ1n) is 4.12. The number of halogens is 7. The van der Waals surface area contributed by atoms with Crippen LogP contribution in [-0.2, 0) is 6.18 Å². The molecule has 0 aliphatic heterocycles. The molecule has 3 nitrogen and oxygen atoms in total. The van der Waals surface area contributed by atoms with Crippen LogP contribution in [0, 0.1) is 3.70 Å². The van der Waals surface area contributed by atoms with Crippen LogP contribution in [-0.4, -0.2) is 18.5 Å². The summed E-state index contributed by atoms with van der Waals surface area (Å²) >= 11 is 1.34. The van der Waals surface area contributed by atoms with E-state index in [1.54, 1.807) is 0 Å². The third kappa shape index (κ3) is 3.78. The Morgan fingerprint density at radius 2 is 1.72 bits per heavy atom. The van der Waals surface area contributed by atoms with Gasteiger partial charge in [-0.2, -0.15) is 13.2 Å². The maximum atomic E-state index is 12.5. The van der Waals surface area contributed by atoms with Gasteiger partial charge in [0.05, 0.1) is 7.11 Å². The third-order valence-electron chi connectivity index (χ3n) is 1.61. The topological polar surface area (TPSA) is 31.4 Å². The van der Waals surface area contributed by atoms with Crippen molar-refractivity contribution in [3.05, 3.63) is 15.5 Å². The summed E-state index contributed by atoms with van der Waals surface area (Å²) in [6, 6.07) is 0.697. The normalized spacial score (nSPS) is 12.4. The van der Waals surface area contributed by atoms with Crippen molar-refractivity contribution in [3.8, 4) is 11.5 Å². The second-order valence-electron chi connectivity index (χ2n) is 2.87. The van der Waals surface area contributed by atoms with E-state index in [-0.39, 0.29) is 3.70 Å². The molecule has 1 rings (SSSR count). The third-order valence-corrected chi connectivity index (χ3v) is 2.16. The fourth-order valence-corrected chi connectivity index (χ4v) is 1.59. The predicted molar refractivity (Wildman–Crippen MR) is 55.2 cm³/mol. The molecule has 0 saturated heterocycles. The summed E-state index contributed by atoms with van der Waals surface area (Å²) in [6.07, 6.45) is -10.1. The molecule has 0 aliphatic rings. The SMILES string of the molecule is COc1c(OC(F)(F)F)cc(I)nc1C(F)(F)F. The number of hydrogen-bond donors (Lipinski definition) is 0. The summed E-state index contributed by atoms with van der Waals surface area (Å²) in [5, 5.41) is 0. The maximum Gasteiger partial charge on any atom is 0.573 e. The lowest BCUT2D eigenvalue weighted by molar-refractivity contribution is -0.275. The van der Waals surface area contributed by atoms with E-state index >= 15 is 0 Å². The Labute approximate surface area is 110 Å². The Kier molecular flexibility index (Phi) is 4.18. The minimum absolute atomic E-state index is 0.306. The molecule has 0 bridgehead atoms. The standard InChI is InChI=1S/C8H4F6INO2/c1-17-5-3(18-8(12,13)14)2-4(15)16-6(5)7(9,10)11/h2H,1H3. The quantitative estimate of drug-likeness (QED) is 0.442. The zero-order valence-electron chi connectivity index (χ0n) is 8.49. The first-order chi connectivity index (χ1) is 8.04. The smallest absolute Gasteiger partial charge is 0.491 e. The molecule has 0 radical (unpaired) electrons. The summed E-state index contributed by atoms with van der Waals surface area (Å²) in [4.78, 5) is 3.10. The van der Waals surface area contributed by atoms with Crippen LogP contribution in [0.2, 0.25) is 0 Å². The van der Waals surface area contributed by atoms with Crippen LogP contribution in [0.1, 0.15) is 5.69 Å². The average Bonchev–Trinajstić information content (AvgIpc) is 2.12. The average molecular weight is 387 g/mol. The van der Waals surface area contributed by atoms with Crippen molar-refractivity contribution < 1.29 is 35.8 Å². The van der Waals surface area contributed by atoms with E-state index in [9.17, 15) is 26.3 Å². The molecule has 10 heteroatoms. The molecule has 0 N–H and O–H groups in total. The number of methoxy groups -OCH3 is 1. The van der Waals surface area contributed by atoms with E-state index in [1.807, 2.05) is 0 Å². The van der Waals surface area contributed by atoms with E-state index in [1.165, 1.54) is 22.6 Å². The molecule has 0 saturated carbocycles. The Hall–Kier alpha value is -0.940. The van der Waals surface area contributed by atoms with Gasteiger partial charge in [0.25, 0.3) is 0 Å². The summed E-state index contributed by atoms with van der Waals surface area (Å²) in [6.45, 7) is 0. The molecule has 18 heavy (non-hydrogen) atoms. The van der Waals surface area contributed by atoms with Crippen molar-refractivity contribution in [1.29, 1.82) is 0 Å². The number of alkyl halides is 6. The second-order valence-corrected chi connectivity index (χ2v) is 3.98. The van der Waals surface area contributed by atoms with Crippen molar-refractivity contribution in [1.82, 2.24) is 4.98 Å². The monoisotopic (exact) mass is 387 g/mol. The van der Waals surface area contributed by atoms with Crippen LogP contribution in [0.15, 0.2) is 6.07 Å². The molecule has 1 aromatic heterocycles. The molecule has 0 aromatic carbocycles. The van der Waals surface area contributed by atoms with Gasteiger partial charge in [-0.15, -0.1) is 13.2 Å². The molecule has 1 heterocycles. The van der Waals surface area contributed by atoms with E-state index in [2.05, 4.69) is 14.5 Å². The molecule has 0 amide bonds. The maximum absolute atomic E-state index is 12.5. The number of nitrogens with zero attached hydrogens (tertiary/aromatic N) is 1. The van der Waals surface area contributed by atoms with Crippen LogP contribution < -0.4 is 9.47 Å². The molecule has 0 aliphatic carbocycles. The Morgan fingerprint density at radius 1 is 1.17 bits per heavy atom. The van der Waals surface area contributed by atoms with Gasteiger partial charge in [-0.3, -0.25) is 0 Å². The number of rotatable bonds is 2. The van der Waals surface area contributed by atoms with Gasteiger partial charge in [0, 0.05) is 6.07 Å². The molecule has 0 unspecified atom stereocenters. The van der Waals surface area contributed by atoms with Crippen LogP contribution in [0.4, 0.5) is 26.3 Å². The van der Waals surface area contributed by atoms with Gasteiger partial charge in [0.15, 0.2) is 17.2 Å². The number of pyridine rings is 1. The largest absolute Gasteiger partial charge is 0.573 e. The van der Waals surface area contributed by atoms with Gasteiger partial charge >= 0.3 is 12.5 Å².